The van der Waals surface area contributed by atoms with Gasteiger partial charge in [0.15, 0.2) is 17.4 Å². The number of carbonyl (C=O) groups is 1. The molecule has 0 fully saturated rings. The highest BCUT2D eigenvalue weighted by atomic mass is 35.5. The fourth-order valence-corrected chi connectivity index (χ4v) is 4.01. The van der Waals surface area contributed by atoms with Crippen LogP contribution >= 0.6 is 11.6 Å². The number of nitrogens with zero attached hydrogens (tertiary/aromatic N) is 3. The van der Waals surface area contributed by atoms with E-state index in [1.807, 2.05) is 19.9 Å². The van der Waals surface area contributed by atoms with Gasteiger partial charge in [0.05, 0.1) is 28.9 Å². The van der Waals surface area contributed by atoms with Crippen LogP contribution in [0.25, 0.3) is 22.3 Å². The number of primary amides is 1. The highest BCUT2D eigenvalue weighted by Crippen LogP contribution is 2.32. The molecule has 0 bridgehead atoms. The van der Waals surface area contributed by atoms with Crippen molar-refractivity contribution in [3.8, 4) is 11.3 Å². The fraction of sp³-hybridized carbons (Fsp3) is 0.250. The Morgan fingerprint density at radius 3 is 2.65 bits per heavy atom. The van der Waals surface area contributed by atoms with Crippen LogP contribution in [0, 0.1) is 13.8 Å². The molecule has 0 aliphatic carbocycles. The maximum Gasteiger partial charge on any atom is 0.269 e. The summed E-state index contributed by atoms with van der Waals surface area (Å²) in [4.78, 5) is 29.1. The SMILES string of the molecule is Cc1cc(C(C)Nc2ccc(Cl)nc2C(N)=O)c2oc(-c3cnn(C(C)F)c3)c(C)c(=O)c2c1. The van der Waals surface area contributed by atoms with Crippen LogP contribution in [0.1, 0.15) is 53.4 Å². The zero-order valence-electron chi connectivity index (χ0n) is 19.0. The number of hydrogen-bond donors (Lipinski definition) is 2. The molecule has 10 heteroatoms. The van der Waals surface area contributed by atoms with Crippen molar-refractivity contribution in [3.63, 3.8) is 0 Å². The summed E-state index contributed by atoms with van der Waals surface area (Å²) in [6.45, 7) is 6.76. The second-order valence-corrected chi connectivity index (χ2v) is 8.55. The minimum Gasteiger partial charge on any atom is -0.455 e. The third-order valence-electron chi connectivity index (χ3n) is 5.55. The largest absolute Gasteiger partial charge is 0.455 e. The molecule has 0 spiro atoms. The number of fused-ring (bicyclic) bond motifs is 1. The van der Waals surface area contributed by atoms with Gasteiger partial charge in [-0.15, -0.1) is 0 Å². The minimum atomic E-state index is -1.32. The molecule has 34 heavy (non-hydrogen) atoms. The van der Waals surface area contributed by atoms with Crippen molar-refractivity contribution in [2.24, 2.45) is 5.73 Å². The number of benzene rings is 1. The first-order valence-electron chi connectivity index (χ1n) is 10.6. The molecule has 176 valence electrons. The molecule has 1 amide bonds. The molecular formula is C24H23ClFN5O3. The van der Waals surface area contributed by atoms with E-state index >= 15 is 0 Å². The monoisotopic (exact) mass is 483 g/mol. The zero-order valence-corrected chi connectivity index (χ0v) is 19.8. The lowest BCUT2D eigenvalue weighted by Gasteiger charge is -2.19. The number of alkyl halides is 1. The van der Waals surface area contributed by atoms with Crippen LogP contribution in [-0.4, -0.2) is 20.7 Å². The van der Waals surface area contributed by atoms with Gasteiger partial charge in [0.1, 0.15) is 16.5 Å². The smallest absolute Gasteiger partial charge is 0.269 e. The van der Waals surface area contributed by atoms with Gasteiger partial charge in [-0.3, -0.25) is 9.59 Å². The Morgan fingerprint density at radius 1 is 1.26 bits per heavy atom. The van der Waals surface area contributed by atoms with Crippen LogP contribution in [-0.2, 0) is 0 Å². The summed E-state index contributed by atoms with van der Waals surface area (Å²) in [6, 6.07) is 6.41. The molecule has 0 radical (unpaired) electrons. The van der Waals surface area contributed by atoms with Crippen molar-refractivity contribution in [2.45, 2.75) is 40.0 Å². The number of pyridine rings is 1. The highest BCUT2D eigenvalue weighted by molar-refractivity contribution is 6.29. The average Bonchev–Trinajstić information content (AvgIpc) is 3.27. The van der Waals surface area contributed by atoms with Gasteiger partial charge >= 0.3 is 0 Å². The number of rotatable bonds is 6. The Morgan fingerprint density at radius 2 is 2.00 bits per heavy atom. The lowest BCUT2D eigenvalue weighted by Crippen LogP contribution is -2.18. The van der Waals surface area contributed by atoms with E-state index in [2.05, 4.69) is 15.4 Å². The van der Waals surface area contributed by atoms with Crippen LogP contribution < -0.4 is 16.5 Å². The van der Waals surface area contributed by atoms with Gasteiger partial charge < -0.3 is 15.5 Å². The summed E-state index contributed by atoms with van der Waals surface area (Å²) >= 11 is 5.92. The summed E-state index contributed by atoms with van der Waals surface area (Å²) in [5.41, 5.74) is 8.47. The molecule has 4 rings (SSSR count). The van der Waals surface area contributed by atoms with Crippen molar-refractivity contribution < 1.29 is 13.6 Å². The third-order valence-corrected chi connectivity index (χ3v) is 5.76. The molecule has 0 saturated carbocycles. The maximum atomic E-state index is 13.7. The summed E-state index contributed by atoms with van der Waals surface area (Å²) in [7, 11) is 0. The predicted octanol–water partition coefficient (Wildman–Crippen LogP) is 5.08. The predicted molar refractivity (Wildman–Crippen MR) is 129 cm³/mol. The lowest BCUT2D eigenvalue weighted by molar-refractivity contribution is 0.0996. The zero-order chi connectivity index (χ0) is 24.7. The number of carbonyl (C=O) groups excluding carboxylic acids is 1. The van der Waals surface area contributed by atoms with Gasteiger partial charge in [-0.1, -0.05) is 17.7 Å². The first kappa shape index (κ1) is 23.4. The molecule has 3 aromatic heterocycles. The van der Waals surface area contributed by atoms with Gasteiger partial charge in [0.25, 0.3) is 5.91 Å². The van der Waals surface area contributed by atoms with E-state index in [0.29, 0.717) is 39.1 Å². The van der Waals surface area contributed by atoms with E-state index in [1.165, 1.54) is 19.3 Å². The Hall–Kier alpha value is -3.72. The number of hydrogen-bond acceptors (Lipinski definition) is 6. The summed E-state index contributed by atoms with van der Waals surface area (Å²) in [6.07, 6.45) is 1.63. The number of aromatic nitrogens is 3. The molecule has 2 atom stereocenters. The van der Waals surface area contributed by atoms with Gasteiger partial charge in [0, 0.05) is 17.3 Å². The van der Waals surface area contributed by atoms with Crippen LogP contribution in [0.5, 0.6) is 0 Å². The highest BCUT2D eigenvalue weighted by Gasteiger charge is 2.21. The van der Waals surface area contributed by atoms with Gasteiger partial charge in [-0.25, -0.2) is 14.1 Å². The fourth-order valence-electron chi connectivity index (χ4n) is 3.87. The van der Waals surface area contributed by atoms with Crippen molar-refractivity contribution in [3.05, 3.63) is 74.4 Å². The van der Waals surface area contributed by atoms with E-state index < -0.39 is 18.2 Å². The summed E-state index contributed by atoms with van der Waals surface area (Å²) in [5.74, 6) is -0.414. The Bertz CT molecular complexity index is 1480. The molecule has 0 aliphatic rings. The minimum absolute atomic E-state index is 0.00190. The number of amides is 1. The molecule has 2 unspecified atom stereocenters. The van der Waals surface area contributed by atoms with Crippen molar-refractivity contribution in [1.29, 1.82) is 0 Å². The normalized spacial score (nSPS) is 13.1. The molecule has 3 N–H and O–H groups in total. The van der Waals surface area contributed by atoms with Gasteiger partial charge in [-0.05, 0) is 51.5 Å². The van der Waals surface area contributed by atoms with Gasteiger partial charge in [0.2, 0.25) is 0 Å². The second kappa shape index (κ2) is 8.90. The first-order chi connectivity index (χ1) is 16.1. The molecule has 3 heterocycles. The number of nitrogens with one attached hydrogen (secondary N) is 1. The number of aryl methyl sites for hydroxylation is 1. The lowest BCUT2D eigenvalue weighted by atomic mass is 9.99. The summed E-state index contributed by atoms with van der Waals surface area (Å²) < 4.78 is 21.1. The second-order valence-electron chi connectivity index (χ2n) is 8.16. The molecule has 0 aliphatic heterocycles. The Balaban J connectivity index is 1.87. The number of halogens is 2. The average molecular weight is 484 g/mol. The molecular weight excluding hydrogens is 461 g/mol. The van der Waals surface area contributed by atoms with E-state index in [4.69, 9.17) is 21.8 Å². The van der Waals surface area contributed by atoms with E-state index in [0.717, 1.165) is 10.2 Å². The van der Waals surface area contributed by atoms with E-state index in [9.17, 15) is 14.0 Å². The Labute approximate surface area is 199 Å². The van der Waals surface area contributed by atoms with Crippen LogP contribution in [0.2, 0.25) is 5.15 Å². The summed E-state index contributed by atoms with van der Waals surface area (Å²) in [5, 5.41) is 7.78. The Kier molecular flexibility index (Phi) is 6.14. The molecule has 1 aromatic carbocycles. The van der Waals surface area contributed by atoms with E-state index in [-0.39, 0.29) is 16.3 Å². The maximum absolute atomic E-state index is 13.7. The third kappa shape index (κ3) is 4.26. The van der Waals surface area contributed by atoms with Crippen LogP contribution in [0.15, 0.2) is 45.9 Å². The molecule has 0 saturated heterocycles. The van der Waals surface area contributed by atoms with Crippen LogP contribution in [0.4, 0.5) is 10.1 Å². The van der Waals surface area contributed by atoms with Crippen molar-refractivity contribution >= 4 is 34.2 Å². The standard InChI is InChI=1S/C24H23ClFN5O3/c1-11-7-16(13(3)29-18-5-6-19(25)30-20(18)24(27)33)23-17(8-11)21(32)12(2)22(34-23)15-9-28-31(10-15)14(4)26/h5-10,13-14,29H,1-4H3,(H2,27,33). The topological polar surface area (TPSA) is 116 Å². The molecule has 4 aromatic rings. The quantitative estimate of drug-likeness (QED) is 0.369. The van der Waals surface area contributed by atoms with Crippen molar-refractivity contribution in [1.82, 2.24) is 14.8 Å². The first-order valence-corrected chi connectivity index (χ1v) is 10.9. The van der Waals surface area contributed by atoms with Gasteiger partial charge in [-0.2, -0.15) is 5.10 Å². The molecule has 8 nitrogen and oxygen atoms in total. The number of nitrogens with two attached hydrogens (primary N) is 1. The van der Waals surface area contributed by atoms with Crippen LogP contribution in [0.3, 0.4) is 0 Å². The van der Waals surface area contributed by atoms with E-state index in [1.54, 1.807) is 25.1 Å². The van der Waals surface area contributed by atoms with Crippen molar-refractivity contribution in [2.75, 3.05) is 5.32 Å². The number of anilines is 1.